The van der Waals surface area contributed by atoms with Crippen LogP contribution in [0, 0.1) is 0 Å². The third-order valence-electron chi connectivity index (χ3n) is 4.62. The first-order valence-corrected chi connectivity index (χ1v) is 11.4. The van der Waals surface area contributed by atoms with Gasteiger partial charge in [-0.05, 0) is 43.0 Å². The first-order chi connectivity index (χ1) is 13.6. The number of aromatic nitrogens is 1. The summed E-state index contributed by atoms with van der Waals surface area (Å²) in [4.78, 5) is 29.7. The third-order valence-corrected chi connectivity index (χ3v) is 6.63. The van der Waals surface area contributed by atoms with Gasteiger partial charge in [0.2, 0.25) is 11.8 Å². The van der Waals surface area contributed by atoms with Gasteiger partial charge in [0.25, 0.3) is 0 Å². The minimum Gasteiger partial charge on any atom is -0.497 e. The third kappa shape index (κ3) is 6.24. The van der Waals surface area contributed by atoms with Gasteiger partial charge < -0.3 is 15.4 Å². The van der Waals surface area contributed by atoms with Crippen molar-refractivity contribution < 1.29 is 14.3 Å². The van der Waals surface area contributed by atoms with Gasteiger partial charge in [0.15, 0.2) is 5.13 Å². The summed E-state index contributed by atoms with van der Waals surface area (Å²) in [6.45, 7) is 0. The van der Waals surface area contributed by atoms with Crippen LogP contribution in [-0.2, 0) is 9.59 Å². The van der Waals surface area contributed by atoms with Crippen LogP contribution in [-0.4, -0.2) is 35.4 Å². The van der Waals surface area contributed by atoms with E-state index in [0.717, 1.165) is 5.75 Å². The van der Waals surface area contributed by atoms with Crippen molar-refractivity contribution in [3.05, 3.63) is 35.3 Å². The Morgan fingerprint density at radius 3 is 2.46 bits per heavy atom. The SMILES string of the molecule is COc1ccc(NC(=O)CSCC(=O)Nc2ncc(C3CCCCC3)s2)cc1. The number of thiazole rings is 1. The molecule has 2 amide bonds. The van der Waals surface area contributed by atoms with E-state index in [0.29, 0.717) is 16.7 Å². The molecule has 1 aliphatic carbocycles. The van der Waals surface area contributed by atoms with E-state index in [2.05, 4.69) is 15.6 Å². The first-order valence-electron chi connectivity index (χ1n) is 9.41. The summed E-state index contributed by atoms with van der Waals surface area (Å²) in [6.07, 6.45) is 8.20. The molecule has 3 rings (SSSR count). The molecule has 0 saturated heterocycles. The van der Waals surface area contributed by atoms with Gasteiger partial charge in [-0.1, -0.05) is 19.3 Å². The lowest BCUT2D eigenvalue weighted by molar-refractivity contribution is -0.114. The van der Waals surface area contributed by atoms with Gasteiger partial charge in [0.1, 0.15) is 5.75 Å². The number of methoxy groups -OCH3 is 1. The van der Waals surface area contributed by atoms with E-state index < -0.39 is 0 Å². The standard InChI is InChI=1S/C20H25N3O3S2/c1-26-16-9-7-15(8-10-16)22-18(24)12-27-13-19(25)23-20-21-11-17(28-20)14-5-3-2-4-6-14/h7-11,14H,2-6,12-13H2,1H3,(H,22,24)(H,21,23,25). The highest BCUT2D eigenvalue weighted by Crippen LogP contribution is 2.36. The molecule has 1 aliphatic rings. The molecule has 0 radical (unpaired) electrons. The number of anilines is 2. The molecule has 0 spiro atoms. The van der Waals surface area contributed by atoms with Gasteiger partial charge in [-0.3, -0.25) is 9.59 Å². The number of benzene rings is 1. The van der Waals surface area contributed by atoms with Crippen LogP contribution >= 0.6 is 23.1 Å². The van der Waals surface area contributed by atoms with Crippen molar-refractivity contribution in [2.75, 3.05) is 29.2 Å². The molecular formula is C20H25N3O3S2. The Kier molecular flexibility index (Phi) is 7.73. The van der Waals surface area contributed by atoms with Gasteiger partial charge in [0, 0.05) is 16.8 Å². The fraction of sp³-hybridized carbons (Fsp3) is 0.450. The molecule has 0 atom stereocenters. The maximum Gasteiger partial charge on any atom is 0.236 e. The minimum absolute atomic E-state index is 0.133. The van der Waals surface area contributed by atoms with Crippen LogP contribution in [0.3, 0.4) is 0 Å². The Morgan fingerprint density at radius 2 is 1.79 bits per heavy atom. The zero-order valence-electron chi connectivity index (χ0n) is 15.9. The van der Waals surface area contributed by atoms with Crippen molar-refractivity contribution in [3.63, 3.8) is 0 Å². The van der Waals surface area contributed by atoms with E-state index in [-0.39, 0.29) is 23.3 Å². The van der Waals surface area contributed by atoms with Crippen molar-refractivity contribution in [1.82, 2.24) is 4.98 Å². The van der Waals surface area contributed by atoms with E-state index in [4.69, 9.17) is 4.74 Å². The second-order valence-electron chi connectivity index (χ2n) is 6.72. The molecule has 8 heteroatoms. The van der Waals surface area contributed by atoms with E-state index in [1.807, 2.05) is 6.20 Å². The fourth-order valence-electron chi connectivity index (χ4n) is 3.18. The van der Waals surface area contributed by atoms with Gasteiger partial charge in [-0.25, -0.2) is 4.98 Å². The Balaban J connectivity index is 1.37. The number of rotatable bonds is 8. The molecule has 1 aromatic carbocycles. The molecule has 1 aromatic heterocycles. The average molecular weight is 420 g/mol. The van der Waals surface area contributed by atoms with E-state index in [9.17, 15) is 9.59 Å². The number of thioether (sulfide) groups is 1. The predicted molar refractivity (Wildman–Crippen MR) is 116 cm³/mol. The maximum absolute atomic E-state index is 12.1. The van der Waals surface area contributed by atoms with Crippen LogP contribution in [0.15, 0.2) is 30.5 Å². The van der Waals surface area contributed by atoms with Crippen molar-refractivity contribution in [1.29, 1.82) is 0 Å². The number of nitrogens with zero attached hydrogens (tertiary/aromatic N) is 1. The number of amides is 2. The molecule has 1 fully saturated rings. The van der Waals surface area contributed by atoms with Crippen LogP contribution in [0.5, 0.6) is 5.75 Å². The Labute approximate surface area is 173 Å². The molecule has 0 bridgehead atoms. The second-order valence-corrected chi connectivity index (χ2v) is 8.77. The van der Waals surface area contributed by atoms with Gasteiger partial charge >= 0.3 is 0 Å². The maximum atomic E-state index is 12.1. The lowest BCUT2D eigenvalue weighted by Gasteiger charge is -2.19. The zero-order chi connectivity index (χ0) is 19.8. The number of hydrogen-bond acceptors (Lipinski definition) is 6. The number of ether oxygens (including phenoxy) is 1. The highest BCUT2D eigenvalue weighted by Gasteiger charge is 2.18. The van der Waals surface area contributed by atoms with Gasteiger partial charge in [-0.15, -0.1) is 23.1 Å². The number of nitrogens with one attached hydrogen (secondary N) is 2. The lowest BCUT2D eigenvalue weighted by atomic mass is 9.89. The second kappa shape index (κ2) is 10.5. The van der Waals surface area contributed by atoms with Crippen molar-refractivity contribution in [3.8, 4) is 5.75 Å². The molecule has 1 saturated carbocycles. The van der Waals surface area contributed by atoms with Crippen molar-refractivity contribution in [2.24, 2.45) is 0 Å². The molecule has 1 heterocycles. The molecule has 28 heavy (non-hydrogen) atoms. The summed E-state index contributed by atoms with van der Waals surface area (Å²) in [5, 5.41) is 6.29. The lowest BCUT2D eigenvalue weighted by Crippen LogP contribution is -2.18. The Hall–Kier alpha value is -2.06. The summed E-state index contributed by atoms with van der Waals surface area (Å²) in [6, 6.07) is 7.12. The quantitative estimate of drug-likeness (QED) is 0.658. The van der Waals surface area contributed by atoms with Crippen LogP contribution in [0.1, 0.15) is 42.9 Å². The van der Waals surface area contributed by atoms with E-state index in [1.165, 1.54) is 48.7 Å². The fourth-order valence-corrected chi connectivity index (χ4v) is 4.80. The Bertz CT molecular complexity index is 786. The van der Waals surface area contributed by atoms with Crippen molar-refractivity contribution >= 4 is 45.7 Å². The number of carbonyl (C=O) groups is 2. The summed E-state index contributed by atoms with van der Waals surface area (Å²) in [7, 11) is 1.60. The van der Waals surface area contributed by atoms with Crippen molar-refractivity contribution in [2.45, 2.75) is 38.0 Å². The first kappa shape index (κ1) is 20.7. The Morgan fingerprint density at radius 1 is 1.11 bits per heavy atom. The molecular weight excluding hydrogens is 394 g/mol. The van der Waals surface area contributed by atoms with Crippen LogP contribution in [0.4, 0.5) is 10.8 Å². The highest BCUT2D eigenvalue weighted by molar-refractivity contribution is 8.00. The van der Waals surface area contributed by atoms with Crippen LogP contribution in [0.2, 0.25) is 0 Å². The van der Waals surface area contributed by atoms with Crippen LogP contribution < -0.4 is 15.4 Å². The largest absolute Gasteiger partial charge is 0.497 e. The normalized spacial score (nSPS) is 14.5. The summed E-state index contributed by atoms with van der Waals surface area (Å²) in [5.41, 5.74) is 0.703. The molecule has 0 unspecified atom stereocenters. The van der Waals surface area contributed by atoms with E-state index in [1.54, 1.807) is 42.7 Å². The van der Waals surface area contributed by atoms with Gasteiger partial charge in [-0.2, -0.15) is 0 Å². The molecule has 2 aromatic rings. The minimum atomic E-state index is -0.142. The topological polar surface area (TPSA) is 80.3 Å². The smallest absolute Gasteiger partial charge is 0.236 e. The van der Waals surface area contributed by atoms with E-state index >= 15 is 0 Å². The summed E-state index contributed by atoms with van der Waals surface area (Å²) >= 11 is 2.85. The highest BCUT2D eigenvalue weighted by atomic mass is 32.2. The summed E-state index contributed by atoms with van der Waals surface area (Å²) in [5.74, 6) is 1.48. The van der Waals surface area contributed by atoms with Gasteiger partial charge in [0.05, 0.1) is 18.6 Å². The zero-order valence-corrected chi connectivity index (χ0v) is 17.5. The number of hydrogen-bond donors (Lipinski definition) is 2. The average Bonchev–Trinajstić information content (AvgIpc) is 3.17. The summed E-state index contributed by atoms with van der Waals surface area (Å²) < 4.78 is 5.08. The monoisotopic (exact) mass is 419 g/mol. The number of carbonyl (C=O) groups excluding carboxylic acids is 2. The van der Waals surface area contributed by atoms with Crippen LogP contribution in [0.25, 0.3) is 0 Å². The molecule has 0 aliphatic heterocycles. The molecule has 6 nitrogen and oxygen atoms in total. The predicted octanol–water partition coefficient (Wildman–Crippen LogP) is 4.51. The molecule has 2 N–H and O–H groups in total. The molecule has 150 valence electrons.